The van der Waals surface area contributed by atoms with Crippen molar-refractivity contribution in [3.63, 3.8) is 0 Å². The summed E-state index contributed by atoms with van der Waals surface area (Å²) < 4.78 is 4.77. The maximum absolute atomic E-state index is 11.5. The van der Waals surface area contributed by atoms with Crippen molar-refractivity contribution >= 4 is 34.3 Å². The Morgan fingerprint density at radius 2 is 2.25 bits per heavy atom. The van der Waals surface area contributed by atoms with E-state index in [0.29, 0.717) is 22.6 Å². The van der Waals surface area contributed by atoms with Gasteiger partial charge in [0, 0.05) is 23.9 Å². The molecule has 1 aromatic carbocycles. The second kappa shape index (κ2) is 6.31. The van der Waals surface area contributed by atoms with Gasteiger partial charge in [0.1, 0.15) is 6.61 Å². The molecule has 5 nitrogen and oxygen atoms in total. The summed E-state index contributed by atoms with van der Waals surface area (Å²) in [6.45, 7) is 0.00341. The lowest BCUT2D eigenvalue weighted by Crippen LogP contribution is -2.41. The van der Waals surface area contributed by atoms with E-state index >= 15 is 0 Å². The quantitative estimate of drug-likeness (QED) is 0.553. The Bertz CT molecular complexity index is 623. The summed E-state index contributed by atoms with van der Waals surface area (Å²) in [7, 11) is 1.47. The van der Waals surface area contributed by atoms with Crippen LogP contribution in [0.2, 0.25) is 0 Å². The number of nitrogen functional groups attached to an aromatic ring is 1. The molecule has 6 heteroatoms. The highest BCUT2D eigenvalue weighted by Gasteiger charge is 2.15. The van der Waals surface area contributed by atoms with Crippen LogP contribution in [0.4, 0.5) is 11.4 Å². The smallest absolute Gasteiger partial charge is 0.250 e. The first-order chi connectivity index (χ1) is 9.61. The predicted octanol–water partition coefficient (Wildman–Crippen LogP) is 0.512. The first-order valence-electron chi connectivity index (χ1n) is 5.95. The van der Waals surface area contributed by atoms with Crippen LogP contribution in [0.25, 0.3) is 0 Å². The molecule has 2 rings (SSSR count). The minimum absolute atomic E-state index is 0.00341. The average molecular weight is 290 g/mol. The Kier molecular flexibility index (Phi) is 4.49. The second-order valence-corrected chi connectivity index (χ2v) is 4.99. The highest BCUT2D eigenvalue weighted by molar-refractivity contribution is 7.08. The number of thiophene rings is 1. The first kappa shape index (κ1) is 14.2. The lowest BCUT2D eigenvalue weighted by molar-refractivity contribution is -0.119. The molecule has 0 saturated carbocycles. The molecule has 0 aliphatic carbocycles. The zero-order valence-corrected chi connectivity index (χ0v) is 11.9. The SMILES string of the molecule is COCC(=O)Nc1ccc(N)c(C(=[NH2+])c2ccsc2)c1. The van der Waals surface area contributed by atoms with E-state index in [9.17, 15) is 4.79 Å². The van der Waals surface area contributed by atoms with Crippen molar-refractivity contribution < 1.29 is 14.9 Å². The molecule has 1 heterocycles. The van der Waals surface area contributed by atoms with E-state index in [2.05, 4.69) is 5.32 Å². The Hall–Kier alpha value is -2.18. The Morgan fingerprint density at radius 3 is 2.90 bits per heavy atom. The van der Waals surface area contributed by atoms with Gasteiger partial charge in [0.2, 0.25) is 11.6 Å². The predicted molar refractivity (Wildman–Crippen MR) is 80.8 cm³/mol. The monoisotopic (exact) mass is 290 g/mol. The molecule has 1 amide bonds. The molecule has 0 radical (unpaired) electrons. The number of carbonyl (C=O) groups excluding carboxylic acids is 1. The molecule has 0 aliphatic rings. The van der Waals surface area contributed by atoms with Gasteiger partial charge in [0.05, 0.1) is 11.1 Å². The van der Waals surface area contributed by atoms with Gasteiger partial charge < -0.3 is 15.8 Å². The molecular formula is C14H16N3O2S+. The summed E-state index contributed by atoms with van der Waals surface area (Å²) in [4.78, 5) is 11.5. The lowest BCUT2D eigenvalue weighted by atomic mass is 10.0. The molecule has 2 aromatic rings. The largest absolute Gasteiger partial charge is 0.398 e. The second-order valence-electron chi connectivity index (χ2n) is 4.21. The van der Waals surface area contributed by atoms with Gasteiger partial charge in [-0.2, -0.15) is 11.3 Å². The number of nitrogens with one attached hydrogen (secondary N) is 1. The Labute approximate surface area is 120 Å². The fraction of sp³-hybridized carbons (Fsp3) is 0.143. The van der Waals surface area contributed by atoms with E-state index in [4.69, 9.17) is 15.9 Å². The van der Waals surface area contributed by atoms with Crippen LogP contribution in [0.1, 0.15) is 11.1 Å². The topological polar surface area (TPSA) is 89.9 Å². The molecule has 0 saturated heterocycles. The highest BCUT2D eigenvalue weighted by Crippen LogP contribution is 2.21. The van der Waals surface area contributed by atoms with Crippen LogP contribution in [0.15, 0.2) is 35.0 Å². The van der Waals surface area contributed by atoms with Crippen LogP contribution in [0.5, 0.6) is 0 Å². The van der Waals surface area contributed by atoms with Crippen molar-refractivity contribution in [1.29, 1.82) is 0 Å². The fourth-order valence-electron chi connectivity index (χ4n) is 1.77. The molecule has 1 aromatic heterocycles. The van der Waals surface area contributed by atoms with Crippen LogP contribution < -0.4 is 16.5 Å². The molecule has 0 bridgehead atoms. The van der Waals surface area contributed by atoms with Gasteiger partial charge in [-0.3, -0.25) is 10.2 Å². The Morgan fingerprint density at radius 1 is 1.45 bits per heavy atom. The minimum atomic E-state index is -0.225. The number of ether oxygens (including phenoxy) is 1. The van der Waals surface area contributed by atoms with Gasteiger partial charge in [0.15, 0.2) is 0 Å². The van der Waals surface area contributed by atoms with Gasteiger partial charge in [0.25, 0.3) is 0 Å². The van der Waals surface area contributed by atoms with E-state index in [1.54, 1.807) is 29.5 Å². The number of hydrogen-bond acceptors (Lipinski definition) is 4. The summed E-state index contributed by atoms with van der Waals surface area (Å²) in [5.74, 6) is -0.225. The molecule has 5 N–H and O–H groups in total. The van der Waals surface area contributed by atoms with E-state index in [1.807, 2.05) is 16.8 Å². The van der Waals surface area contributed by atoms with Gasteiger partial charge in [-0.25, -0.2) is 0 Å². The third-order valence-corrected chi connectivity index (χ3v) is 3.42. The molecular weight excluding hydrogens is 274 g/mol. The molecule has 0 aliphatic heterocycles. The van der Waals surface area contributed by atoms with E-state index in [-0.39, 0.29) is 12.5 Å². The van der Waals surface area contributed by atoms with Crippen molar-refractivity contribution in [2.45, 2.75) is 0 Å². The highest BCUT2D eigenvalue weighted by atomic mass is 32.1. The fourth-order valence-corrected chi connectivity index (χ4v) is 2.42. The number of anilines is 2. The van der Waals surface area contributed by atoms with Crippen LogP contribution >= 0.6 is 11.3 Å². The summed E-state index contributed by atoms with van der Waals surface area (Å²) in [6.07, 6.45) is 0. The molecule has 0 fully saturated rings. The van der Waals surface area contributed by atoms with Crippen molar-refractivity contribution in [3.8, 4) is 0 Å². The number of methoxy groups -OCH3 is 1. The molecule has 20 heavy (non-hydrogen) atoms. The minimum Gasteiger partial charge on any atom is -0.398 e. The first-order valence-corrected chi connectivity index (χ1v) is 6.89. The number of hydrogen-bond donors (Lipinski definition) is 3. The standard InChI is InChI=1S/C14H15N3O2S/c1-19-7-13(18)17-10-2-3-12(15)11(6-10)14(16)9-4-5-20-8-9/h2-6,8,16H,7,15H2,1H3,(H,17,18)/p+1. The normalized spacial score (nSPS) is 10.2. The van der Waals surface area contributed by atoms with Gasteiger partial charge >= 0.3 is 0 Å². The van der Waals surface area contributed by atoms with Crippen molar-refractivity contribution in [1.82, 2.24) is 0 Å². The third kappa shape index (κ3) is 3.23. The lowest BCUT2D eigenvalue weighted by Gasteiger charge is -2.08. The van der Waals surface area contributed by atoms with Gasteiger partial charge in [-0.15, -0.1) is 0 Å². The Balaban J connectivity index is 2.25. The van der Waals surface area contributed by atoms with Crippen LogP contribution in [0.3, 0.4) is 0 Å². The third-order valence-electron chi connectivity index (χ3n) is 2.73. The maximum Gasteiger partial charge on any atom is 0.250 e. The number of amides is 1. The number of nitrogens with two attached hydrogens (primary N) is 2. The molecule has 0 spiro atoms. The van der Waals surface area contributed by atoms with Crippen molar-refractivity contribution in [3.05, 3.63) is 46.2 Å². The van der Waals surface area contributed by atoms with Crippen LogP contribution in [0, 0.1) is 0 Å². The van der Waals surface area contributed by atoms with E-state index in [1.165, 1.54) is 7.11 Å². The molecule has 0 unspecified atom stereocenters. The average Bonchev–Trinajstić information content (AvgIpc) is 2.94. The summed E-state index contributed by atoms with van der Waals surface area (Å²) in [5, 5.41) is 12.7. The number of benzene rings is 1. The molecule has 0 atom stereocenters. The molecule has 104 valence electrons. The number of carbonyl (C=O) groups is 1. The maximum atomic E-state index is 11.5. The zero-order valence-electron chi connectivity index (χ0n) is 11.1. The number of rotatable bonds is 5. The van der Waals surface area contributed by atoms with Gasteiger partial charge in [-0.1, -0.05) is 0 Å². The zero-order chi connectivity index (χ0) is 14.5. The summed E-state index contributed by atoms with van der Waals surface area (Å²) >= 11 is 1.56. The van der Waals surface area contributed by atoms with Crippen LogP contribution in [-0.2, 0) is 9.53 Å². The van der Waals surface area contributed by atoms with Gasteiger partial charge in [-0.05, 0) is 29.6 Å². The van der Waals surface area contributed by atoms with E-state index in [0.717, 1.165) is 5.56 Å². The van der Waals surface area contributed by atoms with E-state index < -0.39 is 0 Å². The van der Waals surface area contributed by atoms with Crippen molar-refractivity contribution in [2.75, 3.05) is 24.8 Å². The summed E-state index contributed by atoms with van der Waals surface area (Å²) in [6, 6.07) is 7.13. The van der Waals surface area contributed by atoms with Crippen LogP contribution in [-0.4, -0.2) is 25.3 Å². The van der Waals surface area contributed by atoms with Crippen molar-refractivity contribution in [2.24, 2.45) is 0 Å². The summed E-state index contributed by atoms with van der Waals surface area (Å²) in [5.41, 5.74) is 9.37.